The molecule has 0 fully saturated rings. The van der Waals surface area contributed by atoms with Gasteiger partial charge in [-0.05, 0) is 59.4 Å². The molecule has 0 spiro atoms. The van der Waals surface area contributed by atoms with Gasteiger partial charge in [0.2, 0.25) is 0 Å². The first-order valence-corrected chi connectivity index (χ1v) is 9.68. The Kier molecular flexibility index (Phi) is 5.39. The van der Waals surface area contributed by atoms with Crippen molar-refractivity contribution in [1.29, 1.82) is 0 Å². The van der Waals surface area contributed by atoms with Gasteiger partial charge >= 0.3 is 11.4 Å². The van der Waals surface area contributed by atoms with Crippen molar-refractivity contribution in [3.63, 3.8) is 0 Å². The van der Waals surface area contributed by atoms with E-state index in [2.05, 4.69) is 43.1 Å². The van der Waals surface area contributed by atoms with Crippen molar-refractivity contribution in [3.8, 4) is 16.9 Å². The lowest BCUT2D eigenvalue weighted by atomic mass is 9.92. The standard InChI is InChI=1S/C24H22N2O4/c1-16-8-11-20(17(2)22(16)19-6-4-3-5-7-19)15-29-21-12-9-18(10-13-21)14-26-23(27)25-24(28)30-26/h3-13H,14-15H2,1-2H3,(H,25,27,28). The van der Waals surface area contributed by atoms with Gasteiger partial charge in [0.05, 0.1) is 6.54 Å². The van der Waals surface area contributed by atoms with E-state index in [1.165, 1.54) is 22.3 Å². The van der Waals surface area contributed by atoms with E-state index in [-0.39, 0.29) is 6.54 Å². The Morgan fingerprint density at radius 3 is 2.33 bits per heavy atom. The molecule has 0 aliphatic heterocycles. The van der Waals surface area contributed by atoms with Crippen molar-refractivity contribution in [2.75, 3.05) is 0 Å². The van der Waals surface area contributed by atoms with Gasteiger partial charge in [0, 0.05) is 0 Å². The van der Waals surface area contributed by atoms with Crippen LogP contribution in [0.25, 0.3) is 11.1 Å². The zero-order chi connectivity index (χ0) is 21.1. The minimum Gasteiger partial charge on any atom is -0.489 e. The van der Waals surface area contributed by atoms with Crippen molar-refractivity contribution in [2.24, 2.45) is 0 Å². The van der Waals surface area contributed by atoms with Gasteiger partial charge < -0.3 is 9.26 Å². The fourth-order valence-electron chi connectivity index (χ4n) is 3.53. The van der Waals surface area contributed by atoms with E-state index >= 15 is 0 Å². The van der Waals surface area contributed by atoms with Crippen LogP contribution in [0.15, 0.2) is 80.8 Å². The fourth-order valence-corrected chi connectivity index (χ4v) is 3.53. The fraction of sp³-hybridized carbons (Fsp3) is 0.167. The average Bonchev–Trinajstić information content (AvgIpc) is 3.06. The summed E-state index contributed by atoms with van der Waals surface area (Å²) in [7, 11) is 0. The topological polar surface area (TPSA) is 77.2 Å². The van der Waals surface area contributed by atoms with E-state index in [9.17, 15) is 9.59 Å². The number of nitrogens with one attached hydrogen (secondary N) is 1. The summed E-state index contributed by atoms with van der Waals surface area (Å²) in [4.78, 5) is 24.7. The molecule has 1 N–H and O–H groups in total. The summed E-state index contributed by atoms with van der Waals surface area (Å²) in [6.07, 6.45) is 0. The molecule has 4 rings (SSSR count). The van der Waals surface area contributed by atoms with E-state index in [1.54, 1.807) is 0 Å². The number of rotatable bonds is 6. The van der Waals surface area contributed by atoms with Gasteiger partial charge in [-0.25, -0.2) is 14.6 Å². The molecule has 1 aromatic heterocycles. The third kappa shape index (κ3) is 4.12. The summed E-state index contributed by atoms with van der Waals surface area (Å²) in [5.41, 5.74) is 6.27. The van der Waals surface area contributed by atoms with Crippen molar-refractivity contribution in [1.82, 2.24) is 9.72 Å². The molecule has 0 amide bonds. The van der Waals surface area contributed by atoms with E-state index in [0.29, 0.717) is 6.61 Å². The van der Waals surface area contributed by atoms with Crippen LogP contribution >= 0.6 is 0 Å². The van der Waals surface area contributed by atoms with Crippen LogP contribution in [-0.2, 0) is 13.2 Å². The first-order valence-electron chi connectivity index (χ1n) is 9.68. The van der Waals surface area contributed by atoms with E-state index < -0.39 is 11.4 Å². The van der Waals surface area contributed by atoms with Crippen molar-refractivity contribution < 1.29 is 9.26 Å². The maximum atomic E-state index is 11.5. The number of aryl methyl sites for hydroxylation is 1. The zero-order valence-corrected chi connectivity index (χ0v) is 16.8. The molecule has 0 saturated heterocycles. The van der Waals surface area contributed by atoms with Crippen LogP contribution in [0.3, 0.4) is 0 Å². The minimum atomic E-state index is -0.761. The molecule has 0 bridgehead atoms. The lowest BCUT2D eigenvalue weighted by Gasteiger charge is -2.15. The van der Waals surface area contributed by atoms with Crippen molar-refractivity contribution >= 4 is 0 Å². The second-order valence-corrected chi connectivity index (χ2v) is 7.19. The van der Waals surface area contributed by atoms with Crippen LogP contribution < -0.4 is 16.2 Å². The molecule has 0 aliphatic carbocycles. The molecular formula is C24H22N2O4. The predicted molar refractivity (Wildman–Crippen MR) is 115 cm³/mol. The predicted octanol–water partition coefficient (Wildman–Crippen LogP) is 4.04. The normalized spacial score (nSPS) is 10.9. The zero-order valence-electron chi connectivity index (χ0n) is 16.8. The highest BCUT2D eigenvalue weighted by Crippen LogP contribution is 2.30. The van der Waals surface area contributed by atoms with Gasteiger partial charge in [0.15, 0.2) is 0 Å². The summed E-state index contributed by atoms with van der Waals surface area (Å²) in [6, 6.07) is 21.9. The summed E-state index contributed by atoms with van der Waals surface area (Å²) in [5, 5.41) is 0. The number of aromatic amines is 1. The van der Waals surface area contributed by atoms with Gasteiger partial charge in [0.25, 0.3) is 0 Å². The second kappa shape index (κ2) is 8.29. The quantitative estimate of drug-likeness (QED) is 0.528. The largest absolute Gasteiger partial charge is 0.489 e. The number of aromatic nitrogens is 2. The second-order valence-electron chi connectivity index (χ2n) is 7.19. The smallest absolute Gasteiger partial charge is 0.440 e. The monoisotopic (exact) mass is 402 g/mol. The molecule has 30 heavy (non-hydrogen) atoms. The Hall–Kier alpha value is -3.80. The van der Waals surface area contributed by atoms with Crippen molar-refractivity contribution in [2.45, 2.75) is 27.0 Å². The maximum Gasteiger partial charge on any atom is 0.440 e. The van der Waals surface area contributed by atoms with E-state index in [0.717, 1.165) is 21.6 Å². The van der Waals surface area contributed by atoms with E-state index in [1.807, 2.05) is 42.5 Å². The first-order chi connectivity index (χ1) is 14.5. The molecular weight excluding hydrogens is 380 g/mol. The number of hydrogen-bond acceptors (Lipinski definition) is 4. The maximum absolute atomic E-state index is 11.5. The van der Waals surface area contributed by atoms with Crippen molar-refractivity contribution in [3.05, 3.63) is 110 Å². The van der Waals surface area contributed by atoms with E-state index in [4.69, 9.17) is 9.26 Å². The lowest BCUT2D eigenvalue weighted by Crippen LogP contribution is -2.17. The SMILES string of the molecule is Cc1ccc(COc2ccc(Cn3oc(=O)[nH]c3=O)cc2)c(C)c1-c1ccccc1. The molecule has 0 atom stereocenters. The molecule has 1 heterocycles. The van der Waals surface area contributed by atoms with Gasteiger partial charge in [-0.15, -0.1) is 4.74 Å². The number of H-pyrrole nitrogens is 1. The summed E-state index contributed by atoms with van der Waals surface area (Å²) < 4.78 is 11.8. The summed E-state index contributed by atoms with van der Waals surface area (Å²) in [6.45, 7) is 4.88. The molecule has 152 valence electrons. The summed E-state index contributed by atoms with van der Waals surface area (Å²) >= 11 is 0. The number of ether oxygens (including phenoxy) is 1. The Morgan fingerprint density at radius 2 is 1.67 bits per heavy atom. The van der Waals surface area contributed by atoms with Crippen LogP contribution in [0.4, 0.5) is 0 Å². The Morgan fingerprint density at radius 1 is 0.933 bits per heavy atom. The van der Waals surface area contributed by atoms with Gasteiger partial charge in [0.1, 0.15) is 12.4 Å². The van der Waals surface area contributed by atoms with Crippen LogP contribution in [0, 0.1) is 13.8 Å². The highest BCUT2D eigenvalue weighted by molar-refractivity contribution is 5.71. The van der Waals surface area contributed by atoms with Gasteiger partial charge in [-0.2, -0.15) is 0 Å². The Balaban J connectivity index is 1.48. The van der Waals surface area contributed by atoms with Gasteiger partial charge in [-0.1, -0.05) is 54.6 Å². The van der Waals surface area contributed by atoms with Gasteiger partial charge in [-0.3, -0.25) is 0 Å². The van der Waals surface area contributed by atoms with Crippen LogP contribution in [0.5, 0.6) is 5.75 Å². The third-order valence-electron chi connectivity index (χ3n) is 5.12. The first kappa shape index (κ1) is 19.5. The molecule has 0 aliphatic rings. The molecule has 6 nitrogen and oxygen atoms in total. The molecule has 3 aromatic carbocycles. The molecule has 6 heteroatoms. The average molecular weight is 402 g/mol. The third-order valence-corrected chi connectivity index (χ3v) is 5.12. The molecule has 0 radical (unpaired) electrons. The Labute approximate surface area is 173 Å². The highest BCUT2D eigenvalue weighted by atomic mass is 16.5. The van der Waals surface area contributed by atoms with Crippen LogP contribution in [0.2, 0.25) is 0 Å². The highest BCUT2D eigenvalue weighted by Gasteiger charge is 2.10. The Bertz CT molecular complexity index is 1270. The molecule has 0 unspecified atom stereocenters. The number of benzene rings is 3. The summed E-state index contributed by atoms with van der Waals surface area (Å²) in [5.74, 6) is -0.0360. The lowest BCUT2D eigenvalue weighted by molar-refractivity contribution is 0.258. The minimum absolute atomic E-state index is 0.176. The molecule has 0 saturated carbocycles. The number of nitrogens with zero attached hydrogens (tertiary/aromatic N) is 1. The number of hydrogen-bond donors (Lipinski definition) is 1. The van der Waals surface area contributed by atoms with Crippen LogP contribution in [-0.4, -0.2) is 9.72 Å². The van der Waals surface area contributed by atoms with Crippen LogP contribution in [0.1, 0.15) is 22.3 Å². The molecule has 4 aromatic rings.